The van der Waals surface area contributed by atoms with Crippen molar-refractivity contribution in [3.05, 3.63) is 0 Å². The first-order valence-electron chi connectivity index (χ1n) is 3.71. The fraction of sp³-hybridized carbons (Fsp3) is 0.571. The summed E-state index contributed by atoms with van der Waals surface area (Å²) in [5, 5.41) is 0. The summed E-state index contributed by atoms with van der Waals surface area (Å²) in [6.45, 7) is -0.111. The monoisotopic (exact) mass is 188 g/mol. The van der Waals surface area contributed by atoms with Crippen LogP contribution >= 0.6 is 0 Å². The molecule has 1 aliphatic rings. The van der Waals surface area contributed by atoms with Crippen molar-refractivity contribution in [3.8, 4) is 0 Å². The zero-order valence-electron chi connectivity index (χ0n) is 6.78. The van der Waals surface area contributed by atoms with Gasteiger partial charge in [-0.15, -0.1) is 0 Å². The van der Waals surface area contributed by atoms with Gasteiger partial charge in [-0.1, -0.05) is 0 Å². The van der Waals surface area contributed by atoms with Crippen LogP contribution in [0.5, 0.6) is 0 Å². The molecule has 0 aliphatic carbocycles. The lowest BCUT2D eigenvalue weighted by Crippen LogP contribution is -2.21. The molecule has 1 fully saturated rings. The van der Waals surface area contributed by atoms with Gasteiger partial charge in [0.2, 0.25) is 0 Å². The molecule has 6 heteroatoms. The summed E-state index contributed by atoms with van der Waals surface area (Å²) in [4.78, 5) is 32.1. The summed E-state index contributed by atoms with van der Waals surface area (Å²) >= 11 is 0. The smallest absolute Gasteiger partial charge is 0.462 e. The van der Waals surface area contributed by atoms with Crippen molar-refractivity contribution in [2.45, 2.75) is 12.8 Å². The third-order valence-corrected chi connectivity index (χ3v) is 1.30. The number of cyclic esters (lactones) is 4. The molecule has 1 rings (SSSR count). The van der Waals surface area contributed by atoms with Crippen molar-refractivity contribution < 1.29 is 28.6 Å². The molecule has 1 heterocycles. The van der Waals surface area contributed by atoms with E-state index in [1.165, 1.54) is 0 Å². The number of carbonyl (C=O) groups excluding carboxylic acids is 3. The van der Waals surface area contributed by atoms with Gasteiger partial charge in [-0.3, -0.25) is 9.59 Å². The van der Waals surface area contributed by atoms with E-state index in [2.05, 4.69) is 14.2 Å². The zero-order valence-corrected chi connectivity index (χ0v) is 6.78. The average Bonchev–Trinajstić information content (AvgIpc) is 2.08. The lowest BCUT2D eigenvalue weighted by Gasteiger charge is -2.08. The van der Waals surface area contributed by atoms with Crippen LogP contribution < -0.4 is 0 Å². The number of esters is 2. The van der Waals surface area contributed by atoms with Gasteiger partial charge in [0.25, 0.3) is 0 Å². The average molecular weight is 188 g/mol. The van der Waals surface area contributed by atoms with Crippen molar-refractivity contribution >= 4 is 18.1 Å². The first-order valence-corrected chi connectivity index (χ1v) is 3.71. The number of hydrogen-bond acceptors (Lipinski definition) is 6. The quantitative estimate of drug-likeness (QED) is 0.393. The molecule has 72 valence electrons. The standard InChI is InChI=1S/C7H8O6/c8-5-1-2-6(9)13-7(10)12-4-3-11-5/h1-4H2. The summed E-state index contributed by atoms with van der Waals surface area (Å²) in [6, 6.07) is 0. The van der Waals surface area contributed by atoms with Gasteiger partial charge in [0.15, 0.2) is 0 Å². The molecule has 6 nitrogen and oxygen atoms in total. The predicted octanol–water partition coefficient (Wildman–Crippen LogP) is 0.00320. The van der Waals surface area contributed by atoms with E-state index in [-0.39, 0.29) is 26.1 Å². The molecular weight excluding hydrogens is 180 g/mol. The highest BCUT2D eigenvalue weighted by Gasteiger charge is 2.16. The Morgan fingerprint density at radius 3 is 2.23 bits per heavy atom. The van der Waals surface area contributed by atoms with Crippen LogP contribution in [0.3, 0.4) is 0 Å². The summed E-state index contributed by atoms with van der Waals surface area (Å²) < 4.78 is 13.1. The van der Waals surface area contributed by atoms with Crippen molar-refractivity contribution in [1.82, 2.24) is 0 Å². The Morgan fingerprint density at radius 2 is 1.46 bits per heavy atom. The van der Waals surface area contributed by atoms with Gasteiger partial charge in [-0.05, 0) is 0 Å². The van der Waals surface area contributed by atoms with E-state index >= 15 is 0 Å². The molecule has 0 unspecified atom stereocenters. The molecule has 0 aromatic rings. The summed E-state index contributed by atoms with van der Waals surface area (Å²) in [7, 11) is 0. The normalized spacial score (nSPS) is 19.8. The highest BCUT2D eigenvalue weighted by Crippen LogP contribution is 1.99. The maximum absolute atomic E-state index is 10.8. The molecule has 1 aliphatic heterocycles. The predicted molar refractivity (Wildman–Crippen MR) is 37.6 cm³/mol. The lowest BCUT2D eigenvalue weighted by molar-refractivity contribution is -0.152. The minimum absolute atomic E-state index is 0.0118. The zero-order chi connectivity index (χ0) is 9.68. The summed E-state index contributed by atoms with van der Waals surface area (Å²) in [5.41, 5.74) is 0. The topological polar surface area (TPSA) is 78.9 Å². The highest BCUT2D eigenvalue weighted by molar-refractivity contribution is 5.84. The van der Waals surface area contributed by atoms with Crippen molar-refractivity contribution in [1.29, 1.82) is 0 Å². The molecule has 1 saturated heterocycles. The lowest BCUT2D eigenvalue weighted by atomic mass is 10.3. The molecule has 0 saturated carbocycles. The fourth-order valence-corrected chi connectivity index (χ4v) is 0.730. The SMILES string of the molecule is O=C1CCC(=O)OC(=O)OCCO1. The maximum atomic E-state index is 10.8. The third kappa shape index (κ3) is 3.55. The molecule has 0 aromatic heterocycles. The minimum Gasteiger partial charge on any atom is -0.462 e. The van der Waals surface area contributed by atoms with E-state index in [0.29, 0.717) is 0 Å². The summed E-state index contributed by atoms with van der Waals surface area (Å²) in [6.07, 6.45) is -1.30. The molecule has 0 bridgehead atoms. The first-order chi connectivity index (χ1) is 6.18. The Balaban J connectivity index is 2.46. The number of carbonyl (C=O) groups is 3. The molecule has 0 radical (unpaired) electrons. The van der Waals surface area contributed by atoms with Gasteiger partial charge in [-0.2, -0.15) is 0 Å². The van der Waals surface area contributed by atoms with Gasteiger partial charge in [-0.25, -0.2) is 4.79 Å². The minimum atomic E-state index is -1.05. The van der Waals surface area contributed by atoms with Crippen molar-refractivity contribution in [3.63, 3.8) is 0 Å². The van der Waals surface area contributed by atoms with E-state index in [1.807, 2.05) is 0 Å². The first kappa shape index (κ1) is 9.50. The number of ether oxygens (including phenoxy) is 3. The van der Waals surface area contributed by atoms with E-state index in [9.17, 15) is 14.4 Å². The van der Waals surface area contributed by atoms with Crippen LogP contribution in [0.1, 0.15) is 12.8 Å². The Hall–Kier alpha value is -1.59. The molecule has 0 amide bonds. The maximum Gasteiger partial charge on any atom is 0.516 e. The van der Waals surface area contributed by atoms with Gasteiger partial charge in [0.1, 0.15) is 13.2 Å². The second-order valence-electron chi connectivity index (χ2n) is 2.29. The summed E-state index contributed by atoms with van der Waals surface area (Å²) in [5.74, 6) is -1.29. The van der Waals surface area contributed by atoms with Crippen LogP contribution in [0.25, 0.3) is 0 Å². The van der Waals surface area contributed by atoms with Crippen molar-refractivity contribution in [2.24, 2.45) is 0 Å². The molecular formula is C7H8O6. The second-order valence-corrected chi connectivity index (χ2v) is 2.29. The molecule has 0 spiro atoms. The van der Waals surface area contributed by atoms with Gasteiger partial charge < -0.3 is 14.2 Å². The Kier molecular flexibility index (Phi) is 3.24. The van der Waals surface area contributed by atoms with E-state index in [4.69, 9.17) is 0 Å². The van der Waals surface area contributed by atoms with Gasteiger partial charge >= 0.3 is 18.1 Å². The van der Waals surface area contributed by atoms with Gasteiger partial charge in [0.05, 0.1) is 12.8 Å². The molecule has 0 atom stereocenters. The third-order valence-electron chi connectivity index (χ3n) is 1.30. The fourth-order valence-electron chi connectivity index (χ4n) is 0.730. The van der Waals surface area contributed by atoms with Gasteiger partial charge in [0, 0.05) is 0 Å². The number of rotatable bonds is 0. The van der Waals surface area contributed by atoms with E-state index in [1.54, 1.807) is 0 Å². The van der Waals surface area contributed by atoms with E-state index in [0.717, 1.165) is 0 Å². The molecule has 0 aromatic carbocycles. The number of hydrogen-bond donors (Lipinski definition) is 0. The van der Waals surface area contributed by atoms with Crippen LogP contribution in [-0.2, 0) is 23.8 Å². The van der Waals surface area contributed by atoms with Crippen LogP contribution in [0, 0.1) is 0 Å². The van der Waals surface area contributed by atoms with Crippen molar-refractivity contribution in [2.75, 3.05) is 13.2 Å². The van der Waals surface area contributed by atoms with E-state index < -0.39 is 18.1 Å². The van der Waals surface area contributed by atoms with Crippen LogP contribution in [0.15, 0.2) is 0 Å². The second kappa shape index (κ2) is 4.44. The largest absolute Gasteiger partial charge is 0.516 e. The highest BCUT2D eigenvalue weighted by atomic mass is 16.7. The Bertz CT molecular complexity index is 233. The molecule has 13 heavy (non-hydrogen) atoms. The van der Waals surface area contributed by atoms with Crippen LogP contribution in [0.2, 0.25) is 0 Å². The Morgan fingerprint density at radius 1 is 0.846 bits per heavy atom. The van der Waals surface area contributed by atoms with Crippen LogP contribution in [0.4, 0.5) is 4.79 Å². The molecule has 0 N–H and O–H groups in total. The Labute approximate surface area is 73.7 Å². The van der Waals surface area contributed by atoms with Crippen LogP contribution in [-0.4, -0.2) is 31.3 Å².